The van der Waals surface area contributed by atoms with Crippen molar-refractivity contribution in [2.75, 3.05) is 5.32 Å². The summed E-state index contributed by atoms with van der Waals surface area (Å²) < 4.78 is 27.4. The van der Waals surface area contributed by atoms with Crippen molar-refractivity contribution in [2.24, 2.45) is 23.5 Å². The summed E-state index contributed by atoms with van der Waals surface area (Å²) in [5, 5.41) is 15.0. The van der Waals surface area contributed by atoms with Crippen molar-refractivity contribution in [2.45, 2.75) is 31.7 Å². The molecular weight excluding hydrogens is 388 g/mol. The molecule has 4 rings (SSSR count). The molecule has 28 heavy (non-hydrogen) atoms. The normalized spacial score (nSPS) is 25.8. The Labute approximate surface area is 166 Å². The standard InChI is InChI=1S/C20H20ClF2N3O2/c1-10-17(16(21)6-7-26(10)28)11-2-4-13(5-3-11)25-19(27)18(24)12-8-14-15(9-12)20(14,22)23/h2-7,12,14-15,18H,8-9,24H2,1H3,(H,25,27)/t12?,14-,15+,18?. The minimum absolute atomic E-state index is 0.216. The molecule has 2 aromatic rings. The van der Waals surface area contributed by atoms with Crippen molar-refractivity contribution < 1.29 is 18.3 Å². The minimum Gasteiger partial charge on any atom is -0.618 e. The Kier molecular flexibility index (Phi) is 4.55. The van der Waals surface area contributed by atoms with Gasteiger partial charge in [-0.1, -0.05) is 23.7 Å². The summed E-state index contributed by atoms with van der Waals surface area (Å²) in [6.07, 6.45) is 1.94. The number of anilines is 1. The highest BCUT2D eigenvalue weighted by Gasteiger charge is 2.72. The van der Waals surface area contributed by atoms with E-state index in [1.54, 1.807) is 31.2 Å². The van der Waals surface area contributed by atoms with Crippen molar-refractivity contribution in [1.29, 1.82) is 0 Å². The number of aromatic nitrogens is 1. The number of amides is 1. The van der Waals surface area contributed by atoms with Crippen LogP contribution in [0.25, 0.3) is 11.1 Å². The molecule has 0 aliphatic heterocycles. The molecule has 2 unspecified atom stereocenters. The molecule has 0 bridgehead atoms. The third-order valence-electron chi connectivity index (χ3n) is 6.02. The average Bonchev–Trinajstić information content (AvgIpc) is 3.01. The lowest BCUT2D eigenvalue weighted by molar-refractivity contribution is -0.611. The number of pyridine rings is 1. The van der Waals surface area contributed by atoms with E-state index < -0.39 is 23.8 Å². The molecule has 0 spiro atoms. The van der Waals surface area contributed by atoms with Gasteiger partial charge in [0, 0.05) is 30.5 Å². The molecule has 0 saturated heterocycles. The van der Waals surface area contributed by atoms with Crippen LogP contribution in [0.2, 0.25) is 5.02 Å². The highest BCUT2D eigenvalue weighted by atomic mass is 35.5. The third kappa shape index (κ3) is 3.12. The van der Waals surface area contributed by atoms with Crippen molar-refractivity contribution in [3.8, 4) is 11.1 Å². The van der Waals surface area contributed by atoms with Gasteiger partial charge in [-0.15, -0.1) is 0 Å². The summed E-state index contributed by atoms with van der Waals surface area (Å²) in [6, 6.07) is 7.60. The Morgan fingerprint density at radius 3 is 2.50 bits per heavy atom. The van der Waals surface area contributed by atoms with Crippen LogP contribution in [0.5, 0.6) is 0 Å². The first-order valence-electron chi connectivity index (χ1n) is 9.13. The van der Waals surface area contributed by atoms with Gasteiger partial charge in [0.25, 0.3) is 5.92 Å². The van der Waals surface area contributed by atoms with Crippen LogP contribution in [0.3, 0.4) is 0 Å². The van der Waals surface area contributed by atoms with Crippen molar-refractivity contribution in [3.05, 3.63) is 52.5 Å². The number of carbonyl (C=O) groups excluding carboxylic acids is 1. The molecule has 3 N–H and O–H groups in total. The van der Waals surface area contributed by atoms with E-state index in [0.717, 1.165) is 10.3 Å². The van der Waals surface area contributed by atoms with Crippen LogP contribution in [-0.4, -0.2) is 17.9 Å². The van der Waals surface area contributed by atoms with Crippen LogP contribution in [0.4, 0.5) is 14.5 Å². The van der Waals surface area contributed by atoms with Gasteiger partial charge in [-0.3, -0.25) is 4.79 Å². The lowest BCUT2D eigenvalue weighted by atomic mass is 9.94. The molecule has 1 aromatic carbocycles. The molecule has 1 aromatic heterocycles. The summed E-state index contributed by atoms with van der Waals surface area (Å²) in [5.41, 5.74) is 8.39. The highest BCUT2D eigenvalue weighted by molar-refractivity contribution is 6.33. The summed E-state index contributed by atoms with van der Waals surface area (Å²) in [7, 11) is 0. The number of nitrogens with zero attached hydrogens (tertiary/aromatic N) is 1. The maximum atomic E-state index is 13.3. The second kappa shape index (κ2) is 6.67. The van der Waals surface area contributed by atoms with E-state index in [1.807, 2.05) is 0 Å². The average molecular weight is 408 g/mol. The molecular formula is C20H20ClF2N3O2. The van der Waals surface area contributed by atoms with Crippen molar-refractivity contribution in [3.63, 3.8) is 0 Å². The van der Waals surface area contributed by atoms with Crippen LogP contribution in [-0.2, 0) is 4.79 Å². The first kappa shape index (κ1) is 19.1. The zero-order valence-corrected chi connectivity index (χ0v) is 15.9. The van der Waals surface area contributed by atoms with E-state index in [-0.39, 0.29) is 11.8 Å². The number of fused-ring (bicyclic) bond motifs is 1. The molecule has 0 radical (unpaired) electrons. The second-order valence-corrected chi connectivity index (χ2v) is 8.07. The van der Waals surface area contributed by atoms with Gasteiger partial charge in [-0.2, -0.15) is 4.73 Å². The van der Waals surface area contributed by atoms with E-state index in [4.69, 9.17) is 17.3 Å². The van der Waals surface area contributed by atoms with E-state index in [1.165, 1.54) is 12.3 Å². The van der Waals surface area contributed by atoms with Gasteiger partial charge in [0.1, 0.15) is 0 Å². The van der Waals surface area contributed by atoms with E-state index >= 15 is 0 Å². The number of nitrogens with two attached hydrogens (primary N) is 1. The Hall–Kier alpha value is -2.25. The Balaban J connectivity index is 1.43. The first-order valence-corrected chi connectivity index (χ1v) is 9.51. The predicted octanol–water partition coefficient (Wildman–Crippen LogP) is 3.51. The lowest BCUT2D eigenvalue weighted by Gasteiger charge is -2.21. The fourth-order valence-corrected chi connectivity index (χ4v) is 4.57. The number of hydrogen-bond acceptors (Lipinski definition) is 3. The number of halogens is 3. The zero-order valence-electron chi connectivity index (χ0n) is 15.2. The number of rotatable bonds is 4. The minimum atomic E-state index is -2.57. The van der Waals surface area contributed by atoms with Crippen LogP contribution in [0, 0.1) is 29.9 Å². The summed E-state index contributed by atoms with van der Waals surface area (Å²) >= 11 is 6.22. The molecule has 2 aliphatic rings. The smallest absolute Gasteiger partial charge is 0.254 e. The fourth-order valence-electron chi connectivity index (χ4n) is 4.26. The van der Waals surface area contributed by atoms with E-state index in [0.29, 0.717) is 34.8 Å². The SMILES string of the molecule is Cc1c(-c2ccc(NC(=O)C(N)C3C[C@@H]4[C@H](C3)C4(F)F)cc2)c(Cl)cc[n+]1[O-]. The molecule has 5 nitrogen and oxygen atoms in total. The van der Waals surface area contributed by atoms with Crippen molar-refractivity contribution >= 4 is 23.2 Å². The van der Waals surface area contributed by atoms with E-state index in [2.05, 4.69) is 5.32 Å². The van der Waals surface area contributed by atoms with Gasteiger partial charge in [-0.05, 0) is 36.5 Å². The molecule has 1 amide bonds. The summed E-state index contributed by atoms with van der Waals surface area (Å²) in [5.74, 6) is -4.39. The molecule has 2 fully saturated rings. The van der Waals surface area contributed by atoms with Crippen molar-refractivity contribution in [1.82, 2.24) is 0 Å². The number of carbonyl (C=O) groups is 1. The van der Waals surface area contributed by atoms with Crippen LogP contribution in [0.1, 0.15) is 18.5 Å². The monoisotopic (exact) mass is 407 g/mol. The number of benzene rings is 1. The van der Waals surface area contributed by atoms with Gasteiger partial charge in [0.05, 0.1) is 16.6 Å². The molecule has 148 valence electrons. The Morgan fingerprint density at radius 2 is 1.89 bits per heavy atom. The molecule has 2 saturated carbocycles. The lowest BCUT2D eigenvalue weighted by Crippen LogP contribution is -2.42. The summed E-state index contributed by atoms with van der Waals surface area (Å²) in [6.45, 7) is 1.68. The van der Waals surface area contributed by atoms with Gasteiger partial charge >= 0.3 is 0 Å². The topological polar surface area (TPSA) is 82.1 Å². The Bertz CT molecular complexity index is 922. The Morgan fingerprint density at radius 1 is 1.29 bits per heavy atom. The van der Waals surface area contributed by atoms with Gasteiger partial charge in [-0.25, -0.2) is 8.78 Å². The number of nitrogens with one attached hydrogen (secondary N) is 1. The molecule has 1 heterocycles. The van der Waals surface area contributed by atoms with Crippen LogP contribution in [0.15, 0.2) is 36.5 Å². The number of hydrogen-bond donors (Lipinski definition) is 2. The number of alkyl halides is 2. The quantitative estimate of drug-likeness (QED) is 0.601. The van der Waals surface area contributed by atoms with Gasteiger partial charge in [0.2, 0.25) is 5.91 Å². The highest BCUT2D eigenvalue weighted by Crippen LogP contribution is 2.66. The predicted molar refractivity (Wildman–Crippen MR) is 102 cm³/mol. The first-order chi connectivity index (χ1) is 13.2. The fraction of sp³-hybridized carbons (Fsp3) is 0.400. The van der Waals surface area contributed by atoms with Crippen LogP contribution >= 0.6 is 11.6 Å². The second-order valence-electron chi connectivity index (χ2n) is 7.66. The van der Waals surface area contributed by atoms with Gasteiger partial charge < -0.3 is 16.3 Å². The van der Waals surface area contributed by atoms with Crippen LogP contribution < -0.4 is 15.8 Å². The summed E-state index contributed by atoms with van der Waals surface area (Å²) in [4.78, 5) is 12.4. The maximum Gasteiger partial charge on any atom is 0.254 e. The maximum absolute atomic E-state index is 13.3. The molecule has 8 heteroatoms. The molecule has 2 aliphatic carbocycles. The molecule has 4 atom stereocenters. The zero-order chi connectivity index (χ0) is 20.2. The van der Waals surface area contributed by atoms with E-state index in [9.17, 15) is 18.8 Å². The largest absolute Gasteiger partial charge is 0.618 e. The van der Waals surface area contributed by atoms with Gasteiger partial charge in [0.15, 0.2) is 11.9 Å². The third-order valence-corrected chi connectivity index (χ3v) is 6.33.